The molecule has 0 aliphatic heterocycles. The quantitative estimate of drug-likeness (QED) is 0.522. The molecule has 1 aliphatic carbocycles. The predicted molar refractivity (Wildman–Crippen MR) is 77.1 cm³/mol. The van der Waals surface area contributed by atoms with Crippen LogP contribution in [-0.4, -0.2) is 21.8 Å². The Kier molecular flexibility index (Phi) is 4.60. The molecule has 114 valence electrons. The average molecular weight is 291 g/mol. The Hall–Kier alpha value is -1.91. The Morgan fingerprint density at radius 3 is 2.48 bits per heavy atom. The van der Waals surface area contributed by atoms with E-state index in [4.69, 9.17) is 4.52 Å². The fraction of sp³-hybridized carbons (Fsp3) is 0.562. The first-order valence-electron chi connectivity index (χ1n) is 7.39. The summed E-state index contributed by atoms with van der Waals surface area (Å²) >= 11 is 0. The summed E-state index contributed by atoms with van der Waals surface area (Å²) < 4.78 is 5.27. The number of rotatable bonds is 4. The van der Waals surface area contributed by atoms with Gasteiger partial charge in [0.2, 0.25) is 0 Å². The molecule has 0 spiro atoms. The summed E-state index contributed by atoms with van der Waals surface area (Å²) in [6.45, 7) is 5.89. The Morgan fingerprint density at radius 1 is 1.38 bits per heavy atom. The molecule has 1 aliphatic rings. The minimum absolute atomic E-state index is 0.0169. The van der Waals surface area contributed by atoms with Crippen molar-refractivity contribution in [3.8, 4) is 0 Å². The highest BCUT2D eigenvalue weighted by atomic mass is 16.5. The third-order valence-corrected chi connectivity index (χ3v) is 3.74. The molecule has 2 rings (SSSR count). The molecule has 1 heterocycles. The second kappa shape index (κ2) is 6.24. The minimum atomic E-state index is -0.301. The number of aromatic nitrogens is 1. The van der Waals surface area contributed by atoms with Gasteiger partial charge in [-0.05, 0) is 12.3 Å². The number of hydrogen-bond acceptors (Lipinski definition) is 5. The van der Waals surface area contributed by atoms with Crippen LogP contribution in [0.5, 0.6) is 0 Å². The zero-order valence-electron chi connectivity index (χ0n) is 12.7. The molecule has 1 saturated carbocycles. The van der Waals surface area contributed by atoms with E-state index in [0.29, 0.717) is 18.6 Å². The molecule has 0 saturated heterocycles. The van der Waals surface area contributed by atoms with Crippen molar-refractivity contribution in [3.63, 3.8) is 0 Å². The average Bonchev–Trinajstić information content (AvgIpc) is 2.87. The summed E-state index contributed by atoms with van der Waals surface area (Å²) in [7, 11) is 0. The number of hydrogen-bond donors (Lipinski definition) is 1. The zero-order chi connectivity index (χ0) is 15.6. The second-order valence-corrected chi connectivity index (χ2v) is 5.83. The first kappa shape index (κ1) is 15.5. The smallest absolute Gasteiger partial charge is 0.170 e. The van der Waals surface area contributed by atoms with Crippen molar-refractivity contribution in [2.24, 2.45) is 0 Å². The lowest BCUT2D eigenvalue weighted by Gasteiger charge is -2.20. The van der Waals surface area contributed by atoms with Crippen LogP contribution in [0.2, 0.25) is 0 Å². The zero-order valence-corrected chi connectivity index (χ0v) is 12.7. The summed E-state index contributed by atoms with van der Waals surface area (Å²) in [5.41, 5.74) is 0.803. The number of allylic oxidation sites excluding steroid dienone is 2. The van der Waals surface area contributed by atoms with Crippen LogP contribution in [0.1, 0.15) is 69.7 Å². The molecule has 1 N–H and O–H groups in total. The van der Waals surface area contributed by atoms with Gasteiger partial charge in [0.1, 0.15) is 11.5 Å². The Balaban J connectivity index is 2.20. The maximum atomic E-state index is 12.1. The summed E-state index contributed by atoms with van der Waals surface area (Å²) in [5, 5.41) is 13.8. The summed E-state index contributed by atoms with van der Waals surface area (Å²) in [6.07, 6.45) is 1.42. The molecule has 0 amide bonds. The molecule has 0 atom stereocenters. The number of aliphatic hydroxyl groups excluding tert-OH is 1. The van der Waals surface area contributed by atoms with Crippen LogP contribution in [0, 0.1) is 0 Å². The standard InChI is InChI=1S/C16H21NO4/c1-4-5-12(18)16-13(19)6-10(7-14(16)20)15-8-11(9(2)3)17-21-15/h8-10,18H,4-7H2,1-3H3. The van der Waals surface area contributed by atoms with Gasteiger partial charge in [-0.25, -0.2) is 0 Å². The van der Waals surface area contributed by atoms with Gasteiger partial charge in [0, 0.05) is 31.2 Å². The lowest BCUT2D eigenvalue weighted by atomic mass is 9.81. The van der Waals surface area contributed by atoms with Gasteiger partial charge in [-0.3, -0.25) is 9.59 Å². The van der Waals surface area contributed by atoms with Gasteiger partial charge in [0.25, 0.3) is 0 Å². The van der Waals surface area contributed by atoms with E-state index < -0.39 is 0 Å². The highest BCUT2D eigenvalue weighted by molar-refractivity contribution is 6.22. The number of carbonyl (C=O) groups is 2. The van der Waals surface area contributed by atoms with Gasteiger partial charge in [-0.2, -0.15) is 0 Å². The van der Waals surface area contributed by atoms with Gasteiger partial charge in [-0.15, -0.1) is 0 Å². The normalized spacial score (nSPS) is 19.4. The fourth-order valence-electron chi connectivity index (χ4n) is 2.53. The van der Waals surface area contributed by atoms with Crippen molar-refractivity contribution in [2.45, 2.75) is 58.3 Å². The van der Waals surface area contributed by atoms with Gasteiger partial charge < -0.3 is 9.63 Å². The highest BCUT2D eigenvalue weighted by Gasteiger charge is 2.35. The van der Waals surface area contributed by atoms with Crippen molar-refractivity contribution in [1.82, 2.24) is 5.16 Å². The van der Waals surface area contributed by atoms with Crippen LogP contribution in [0.25, 0.3) is 0 Å². The highest BCUT2D eigenvalue weighted by Crippen LogP contribution is 2.34. The molecule has 1 aromatic heterocycles. The third-order valence-electron chi connectivity index (χ3n) is 3.74. The number of ketones is 2. The van der Waals surface area contributed by atoms with Gasteiger partial charge >= 0.3 is 0 Å². The first-order chi connectivity index (χ1) is 9.93. The summed E-state index contributed by atoms with van der Waals surface area (Å²) in [5.74, 6) is -0.139. The lowest BCUT2D eigenvalue weighted by Crippen LogP contribution is -2.26. The number of carbonyl (C=O) groups excluding carboxylic acids is 2. The Bertz CT molecular complexity index is 563. The number of Topliss-reactive ketones (excluding diaryl/α,β-unsaturated/α-hetero) is 2. The number of aliphatic hydroxyl groups is 1. The molecule has 1 fully saturated rings. The van der Waals surface area contributed by atoms with E-state index >= 15 is 0 Å². The first-order valence-corrected chi connectivity index (χ1v) is 7.39. The monoisotopic (exact) mass is 291 g/mol. The Labute approximate surface area is 124 Å². The fourth-order valence-corrected chi connectivity index (χ4v) is 2.53. The third kappa shape index (κ3) is 3.23. The molecule has 0 unspecified atom stereocenters. The molecule has 0 aromatic carbocycles. The van der Waals surface area contributed by atoms with E-state index in [1.807, 2.05) is 26.8 Å². The van der Waals surface area contributed by atoms with Crippen LogP contribution < -0.4 is 0 Å². The molecule has 0 radical (unpaired) electrons. The second-order valence-electron chi connectivity index (χ2n) is 5.83. The van der Waals surface area contributed by atoms with E-state index in [-0.39, 0.29) is 47.6 Å². The van der Waals surface area contributed by atoms with Gasteiger partial charge in [0.05, 0.1) is 11.3 Å². The van der Waals surface area contributed by atoms with Crippen LogP contribution in [-0.2, 0) is 9.59 Å². The van der Waals surface area contributed by atoms with E-state index in [1.165, 1.54) is 0 Å². The van der Waals surface area contributed by atoms with E-state index in [9.17, 15) is 14.7 Å². The lowest BCUT2D eigenvalue weighted by molar-refractivity contribution is -0.124. The summed E-state index contributed by atoms with van der Waals surface area (Å²) in [6, 6.07) is 1.82. The minimum Gasteiger partial charge on any atom is -0.511 e. The maximum Gasteiger partial charge on any atom is 0.170 e. The van der Waals surface area contributed by atoms with Crippen molar-refractivity contribution in [1.29, 1.82) is 0 Å². The molecular formula is C16H21NO4. The molecule has 5 heteroatoms. The molecule has 0 bridgehead atoms. The van der Waals surface area contributed by atoms with Crippen LogP contribution in [0.4, 0.5) is 0 Å². The van der Waals surface area contributed by atoms with Crippen molar-refractivity contribution in [2.75, 3.05) is 0 Å². The number of nitrogens with zero attached hydrogens (tertiary/aromatic N) is 1. The topological polar surface area (TPSA) is 80.4 Å². The van der Waals surface area contributed by atoms with Crippen LogP contribution in [0.15, 0.2) is 21.9 Å². The molecule has 5 nitrogen and oxygen atoms in total. The van der Waals surface area contributed by atoms with Crippen LogP contribution in [0.3, 0.4) is 0 Å². The molecule has 1 aromatic rings. The van der Waals surface area contributed by atoms with Gasteiger partial charge in [-0.1, -0.05) is 25.9 Å². The van der Waals surface area contributed by atoms with Gasteiger partial charge in [0.15, 0.2) is 11.6 Å². The van der Waals surface area contributed by atoms with E-state index in [2.05, 4.69) is 5.16 Å². The van der Waals surface area contributed by atoms with E-state index in [0.717, 1.165) is 5.69 Å². The summed E-state index contributed by atoms with van der Waals surface area (Å²) in [4.78, 5) is 24.3. The molecular weight excluding hydrogens is 270 g/mol. The van der Waals surface area contributed by atoms with Crippen molar-refractivity contribution < 1.29 is 19.2 Å². The van der Waals surface area contributed by atoms with Crippen molar-refractivity contribution >= 4 is 11.6 Å². The largest absolute Gasteiger partial charge is 0.511 e. The SMILES string of the molecule is CCCC(O)=C1C(=O)CC(c2cc(C(C)C)no2)CC1=O. The van der Waals surface area contributed by atoms with E-state index in [1.54, 1.807) is 0 Å². The van der Waals surface area contributed by atoms with Crippen LogP contribution >= 0.6 is 0 Å². The Morgan fingerprint density at radius 2 is 2.00 bits per heavy atom. The van der Waals surface area contributed by atoms with Crippen molar-refractivity contribution in [3.05, 3.63) is 28.9 Å². The molecule has 21 heavy (non-hydrogen) atoms. The predicted octanol–water partition coefficient (Wildman–Crippen LogP) is 3.43. The maximum absolute atomic E-state index is 12.1.